The molecule has 2 aromatic carbocycles. The molecule has 3 nitrogen and oxygen atoms in total. The highest BCUT2D eigenvalue weighted by Gasteiger charge is 2.46. The Hall–Kier alpha value is -1.88. The van der Waals surface area contributed by atoms with Gasteiger partial charge in [-0.1, -0.05) is 24.3 Å². The van der Waals surface area contributed by atoms with Gasteiger partial charge in [0, 0.05) is 23.5 Å². The summed E-state index contributed by atoms with van der Waals surface area (Å²) in [5.74, 6) is 0. The van der Waals surface area contributed by atoms with Crippen LogP contribution in [0.3, 0.4) is 0 Å². The highest BCUT2D eigenvalue weighted by atomic mass is 28.4. The van der Waals surface area contributed by atoms with Crippen LogP contribution in [0.4, 0.5) is 26.3 Å². The molecule has 0 amide bonds. The van der Waals surface area contributed by atoms with Gasteiger partial charge in [-0.15, -0.1) is 0 Å². The molecule has 0 spiro atoms. The van der Waals surface area contributed by atoms with Gasteiger partial charge in [-0.25, -0.2) is 0 Å². The van der Waals surface area contributed by atoms with Crippen molar-refractivity contribution in [3.05, 3.63) is 53.6 Å². The fourth-order valence-electron chi connectivity index (χ4n) is 3.21. The van der Waals surface area contributed by atoms with E-state index in [0.717, 1.165) is 0 Å². The van der Waals surface area contributed by atoms with Crippen LogP contribution in [0.1, 0.15) is 52.7 Å². The third-order valence-electron chi connectivity index (χ3n) is 4.33. The second-order valence-electron chi connectivity index (χ2n) is 8.43. The van der Waals surface area contributed by atoms with Crippen LogP contribution in [-0.2, 0) is 25.6 Å². The molecule has 0 aromatic heterocycles. The van der Waals surface area contributed by atoms with Gasteiger partial charge in [0.05, 0.1) is 11.1 Å². The SMILES string of the molecule is CC(C)O[Si](OC(C)C)(OC(C)C)c1ccc(-c2cc(C(F)(F)F)cc(C(F)(F)F)c2)cc1. The summed E-state index contributed by atoms with van der Waals surface area (Å²) in [6.07, 6.45) is -10.6. The lowest BCUT2D eigenvalue weighted by molar-refractivity contribution is -0.143. The average molecular weight is 495 g/mol. The summed E-state index contributed by atoms with van der Waals surface area (Å²) in [7, 11) is -3.43. The second kappa shape index (κ2) is 10.2. The molecule has 10 heteroatoms. The van der Waals surface area contributed by atoms with Gasteiger partial charge in [0.15, 0.2) is 0 Å². The Bertz CT molecular complexity index is 862. The zero-order valence-electron chi connectivity index (χ0n) is 19.3. The second-order valence-corrected chi connectivity index (χ2v) is 10.8. The Morgan fingerprint density at radius 3 is 1.24 bits per heavy atom. The van der Waals surface area contributed by atoms with Crippen molar-refractivity contribution in [3.63, 3.8) is 0 Å². The third-order valence-corrected chi connectivity index (χ3v) is 7.72. The van der Waals surface area contributed by atoms with Crippen molar-refractivity contribution in [2.24, 2.45) is 0 Å². The molecule has 0 aliphatic heterocycles. The summed E-state index contributed by atoms with van der Waals surface area (Å²) in [6, 6.07) is 7.56. The number of rotatable bonds is 8. The Kier molecular flexibility index (Phi) is 8.43. The van der Waals surface area contributed by atoms with Crippen molar-refractivity contribution in [1.29, 1.82) is 0 Å². The van der Waals surface area contributed by atoms with E-state index in [1.165, 1.54) is 12.1 Å². The minimum Gasteiger partial charge on any atom is -0.367 e. The number of benzene rings is 2. The molecule has 0 unspecified atom stereocenters. The maximum Gasteiger partial charge on any atom is 0.537 e. The summed E-state index contributed by atoms with van der Waals surface area (Å²) in [6.45, 7) is 10.9. The van der Waals surface area contributed by atoms with Crippen molar-refractivity contribution in [3.8, 4) is 11.1 Å². The molecule has 0 N–H and O–H groups in total. The molecule has 0 bridgehead atoms. The molecule has 0 radical (unpaired) electrons. The van der Waals surface area contributed by atoms with E-state index in [1.54, 1.807) is 12.1 Å². The maximum absolute atomic E-state index is 13.2. The maximum atomic E-state index is 13.2. The minimum atomic E-state index is -4.92. The van der Waals surface area contributed by atoms with E-state index in [2.05, 4.69) is 0 Å². The van der Waals surface area contributed by atoms with Crippen LogP contribution < -0.4 is 5.19 Å². The van der Waals surface area contributed by atoms with Crippen LogP contribution in [0, 0.1) is 0 Å². The lowest BCUT2D eigenvalue weighted by Crippen LogP contribution is -2.60. The number of hydrogen-bond donors (Lipinski definition) is 0. The van der Waals surface area contributed by atoms with Crippen molar-refractivity contribution >= 4 is 14.0 Å². The van der Waals surface area contributed by atoms with Crippen LogP contribution in [0.2, 0.25) is 0 Å². The van der Waals surface area contributed by atoms with Gasteiger partial charge in [-0.05, 0) is 70.9 Å². The summed E-state index contributed by atoms with van der Waals surface area (Å²) in [5, 5.41) is 0.561. The third kappa shape index (κ3) is 7.30. The molecule has 0 aliphatic rings. The first-order chi connectivity index (χ1) is 15.0. The van der Waals surface area contributed by atoms with E-state index in [0.29, 0.717) is 17.3 Å². The molecule has 0 atom stereocenters. The zero-order chi connectivity index (χ0) is 25.2. The highest BCUT2D eigenvalue weighted by Crippen LogP contribution is 2.38. The van der Waals surface area contributed by atoms with Gasteiger partial charge >= 0.3 is 21.2 Å². The fraction of sp³-hybridized carbons (Fsp3) is 0.478. The Balaban J connectivity index is 2.59. The monoisotopic (exact) mass is 494 g/mol. The Morgan fingerprint density at radius 1 is 0.576 bits per heavy atom. The summed E-state index contributed by atoms with van der Waals surface area (Å²) >= 11 is 0. The molecular formula is C23H28F6O3Si. The highest BCUT2D eigenvalue weighted by molar-refractivity contribution is 6.75. The predicted molar refractivity (Wildman–Crippen MR) is 116 cm³/mol. The zero-order valence-corrected chi connectivity index (χ0v) is 20.3. The molecule has 2 rings (SSSR count). The molecule has 0 saturated carbocycles. The normalized spacial score (nSPS) is 13.4. The smallest absolute Gasteiger partial charge is 0.367 e. The first-order valence-electron chi connectivity index (χ1n) is 10.5. The van der Waals surface area contributed by atoms with Crippen LogP contribution in [0.5, 0.6) is 0 Å². The van der Waals surface area contributed by atoms with Crippen molar-refractivity contribution in [2.75, 3.05) is 0 Å². The summed E-state index contributed by atoms with van der Waals surface area (Å²) in [4.78, 5) is 0. The average Bonchev–Trinajstić information content (AvgIpc) is 2.64. The van der Waals surface area contributed by atoms with Gasteiger partial charge in [0.25, 0.3) is 0 Å². The van der Waals surface area contributed by atoms with Crippen molar-refractivity contribution < 1.29 is 39.6 Å². The molecule has 184 valence electrons. The van der Waals surface area contributed by atoms with E-state index in [4.69, 9.17) is 13.3 Å². The van der Waals surface area contributed by atoms with E-state index in [-0.39, 0.29) is 35.5 Å². The van der Waals surface area contributed by atoms with Gasteiger partial charge < -0.3 is 13.3 Å². The molecule has 33 heavy (non-hydrogen) atoms. The molecule has 0 saturated heterocycles. The van der Waals surface area contributed by atoms with Crippen molar-refractivity contribution in [1.82, 2.24) is 0 Å². The first-order valence-corrected chi connectivity index (χ1v) is 12.2. The molecule has 2 aromatic rings. The summed E-state index contributed by atoms with van der Waals surface area (Å²) < 4.78 is 97.7. The van der Waals surface area contributed by atoms with Crippen LogP contribution in [-0.4, -0.2) is 27.1 Å². The molecule has 0 heterocycles. The van der Waals surface area contributed by atoms with E-state index in [1.807, 2.05) is 41.5 Å². The fourth-order valence-corrected chi connectivity index (χ4v) is 6.22. The number of hydrogen-bond acceptors (Lipinski definition) is 3. The van der Waals surface area contributed by atoms with Gasteiger partial charge in [0.2, 0.25) is 0 Å². The lowest BCUT2D eigenvalue weighted by atomic mass is 9.99. The molecule has 0 aliphatic carbocycles. The van der Waals surface area contributed by atoms with Crippen LogP contribution >= 0.6 is 0 Å². The Morgan fingerprint density at radius 2 is 0.939 bits per heavy atom. The predicted octanol–water partition coefficient (Wildman–Crippen LogP) is 6.81. The Labute approximate surface area is 191 Å². The topological polar surface area (TPSA) is 27.7 Å². The van der Waals surface area contributed by atoms with E-state index in [9.17, 15) is 26.3 Å². The minimum absolute atomic E-state index is 0.110. The van der Waals surface area contributed by atoms with Gasteiger partial charge in [-0.3, -0.25) is 0 Å². The standard InChI is InChI=1S/C23H28F6O3Si/c1-14(2)30-33(31-15(3)4,32-16(5)6)21-9-7-17(8-10-21)18-11-19(22(24,25)26)13-20(12-18)23(27,28)29/h7-16H,1-6H3. The first kappa shape index (κ1) is 27.4. The van der Waals surface area contributed by atoms with Gasteiger partial charge in [-0.2, -0.15) is 26.3 Å². The molecular weight excluding hydrogens is 466 g/mol. The number of halogens is 6. The number of alkyl halides is 6. The van der Waals surface area contributed by atoms with Crippen LogP contribution in [0.25, 0.3) is 11.1 Å². The van der Waals surface area contributed by atoms with Crippen LogP contribution in [0.15, 0.2) is 42.5 Å². The molecule has 0 fully saturated rings. The van der Waals surface area contributed by atoms with E-state index < -0.39 is 32.3 Å². The van der Waals surface area contributed by atoms with E-state index >= 15 is 0 Å². The van der Waals surface area contributed by atoms with Crippen molar-refractivity contribution in [2.45, 2.75) is 72.2 Å². The largest absolute Gasteiger partial charge is 0.537 e. The summed E-state index contributed by atoms with van der Waals surface area (Å²) in [5.41, 5.74) is -2.74. The lowest BCUT2D eigenvalue weighted by Gasteiger charge is -2.34. The quantitative estimate of drug-likeness (QED) is 0.298. The van der Waals surface area contributed by atoms with Gasteiger partial charge in [0.1, 0.15) is 0 Å².